The highest BCUT2D eigenvalue weighted by Gasteiger charge is 2.02. The van der Waals surface area contributed by atoms with Gasteiger partial charge < -0.3 is 5.32 Å². The number of rotatable bonds is 4. The van der Waals surface area contributed by atoms with E-state index in [0.29, 0.717) is 0 Å². The largest absolute Gasteiger partial charge is 0.309 e. The first-order chi connectivity index (χ1) is 8.27. The zero-order valence-corrected chi connectivity index (χ0v) is 11.6. The lowest BCUT2D eigenvalue weighted by Crippen LogP contribution is -2.12. The van der Waals surface area contributed by atoms with Crippen molar-refractivity contribution in [2.75, 3.05) is 0 Å². The fraction of sp³-hybridized carbons (Fsp3) is 0.143. The molecule has 0 fully saturated rings. The summed E-state index contributed by atoms with van der Waals surface area (Å²) in [5.41, 5.74) is 2.38. The molecule has 88 valence electrons. The second-order valence-electron chi connectivity index (χ2n) is 3.80. The van der Waals surface area contributed by atoms with Crippen molar-refractivity contribution in [2.24, 2.45) is 0 Å². The highest BCUT2D eigenvalue weighted by atomic mass is 79.9. The molecule has 0 spiro atoms. The SMILES string of the molecule is Clc1c(Br)cccc1CNCc1ccccc1. The maximum absolute atomic E-state index is 6.19. The molecule has 0 saturated heterocycles. The Kier molecular flexibility index (Phi) is 4.60. The van der Waals surface area contributed by atoms with Gasteiger partial charge in [0.2, 0.25) is 0 Å². The minimum Gasteiger partial charge on any atom is -0.309 e. The van der Waals surface area contributed by atoms with Crippen molar-refractivity contribution in [3.05, 3.63) is 69.2 Å². The highest BCUT2D eigenvalue weighted by Crippen LogP contribution is 2.25. The van der Waals surface area contributed by atoms with Crippen LogP contribution in [-0.4, -0.2) is 0 Å². The summed E-state index contributed by atoms with van der Waals surface area (Å²) in [6.07, 6.45) is 0. The summed E-state index contributed by atoms with van der Waals surface area (Å²) >= 11 is 9.61. The molecule has 0 aliphatic carbocycles. The third-order valence-corrected chi connectivity index (χ3v) is 3.85. The molecule has 2 aromatic carbocycles. The fourth-order valence-corrected chi connectivity index (χ4v) is 2.22. The van der Waals surface area contributed by atoms with Crippen molar-refractivity contribution in [1.29, 1.82) is 0 Å². The van der Waals surface area contributed by atoms with E-state index in [9.17, 15) is 0 Å². The molecule has 0 aromatic heterocycles. The first-order valence-corrected chi connectivity index (χ1v) is 6.62. The zero-order valence-electron chi connectivity index (χ0n) is 9.29. The van der Waals surface area contributed by atoms with Gasteiger partial charge >= 0.3 is 0 Å². The van der Waals surface area contributed by atoms with Crippen LogP contribution in [0.1, 0.15) is 11.1 Å². The van der Waals surface area contributed by atoms with Gasteiger partial charge in [0.05, 0.1) is 5.02 Å². The average molecular weight is 311 g/mol. The van der Waals surface area contributed by atoms with Crippen LogP contribution in [0.2, 0.25) is 5.02 Å². The summed E-state index contributed by atoms with van der Waals surface area (Å²) < 4.78 is 0.943. The Hall–Kier alpha value is -0.830. The standard InChI is InChI=1S/C14H13BrClN/c15-13-8-4-7-12(14(13)16)10-17-9-11-5-2-1-3-6-11/h1-8,17H,9-10H2. The van der Waals surface area contributed by atoms with E-state index in [1.807, 2.05) is 36.4 Å². The van der Waals surface area contributed by atoms with Crippen molar-refractivity contribution < 1.29 is 0 Å². The van der Waals surface area contributed by atoms with E-state index in [1.54, 1.807) is 0 Å². The van der Waals surface area contributed by atoms with Crippen LogP contribution in [0, 0.1) is 0 Å². The first-order valence-electron chi connectivity index (χ1n) is 5.45. The monoisotopic (exact) mass is 309 g/mol. The van der Waals surface area contributed by atoms with Crippen molar-refractivity contribution in [1.82, 2.24) is 5.32 Å². The average Bonchev–Trinajstić information content (AvgIpc) is 2.36. The van der Waals surface area contributed by atoms with E-state index in [1.165, 1.54) is 5.56 Å². The van der Waals surface area contributed by atoms with Gasteiger partial charge in [0.25, 0.3) is 0 Å². The molecular weight excluding hydrogens is 298 g/mol. The van der Waals surface area contributed by atoms with Gasteiger partial charge in [0.1, 0.15) is 0 Å². The lowest BCUT2D eigenvalue weighted by Gasteiger charge is -2.07. The predicted molar refractivity (Wildman–Crippen MR) is 76.1 cm³/mol. The van der Waals surface area contributed by atoms with Crippen LogP contribution in [0.4, 0.5) is 0 Å². The molecule has 0 unspecified atom stereocenters. The fourth-order valence-electron chi connectivity index (χ4n) is 1.62. The van der Waals surface area contributed by atoms with Gasteiger partial charge in [0.15, 0.2) is 0 Å². The van der Waals surface area contributed by atoms with Gasteiger partial charge in [-0.25, -0.2) is 0 Å². The Labute approximate surface area is 115 Å². The molecule has 0 amide bonds. The summed E-state index contributed by atoms with van der Waals surface area (Å²) in [6.45, 7) is 1.62. The second kappa shape index (κ2) is 6.20. The molecule has 0 aliphatic rings. The topological polar surface area (TPSA) is 12.0 Å². The Morgan fingerprint density at radius 1 is 0.941 bits per heavy atom. The van der Waals surface area contributed by atoms with Gasteiger partial charge in [-0.2, -0.15) is 0 Å². The molecule has 2 aromatic rings. The molecular formula is C14H13BrClN. The van der Waals surface area contributed by atoms with Crippen molar-refractivity contribution in [3.63, 3.8) is 0 Å². The zero-order chi connectivity index (χ0) is 12.1. The normalized spacial score (nSPS) is 10.5. The molecule has 0 atom stereocenters. The Morgan fingerprint density at radius 3 is 2.47 bits per heavy atom. The molecule has 0 saturated carbocycles. The molecule has 0 radical (unpaired) electrons. The Bertz CT molecular complexity index is 485. The van der Waals surface area contributed by atoms with Crippen LogP contribution in [0.25, 0.3) is 0 Å². The molecule has 17 heavy (non-hydrogen) atoms. The third kappa shape index (κ3) is 3.56. The van der Waals surface area contributed by atoms with E-state index in [-0.39, 0.29) is 0 Å². The van der Waals surface area contributed by atoms with E-state index in [4.69, 9.17) is 11.6 Å². The molecule has 1 N–H and O–H groups in total. The molecule has 0 bridgehead atoms. The van der Waals surface area contributed by atoms with E-state index in [2.05, 4.69) is 33.4 Å². The summed E-state index contributed by atoms with van der Waals surface area (Å²) in [5.74, 6) is 0. The lowest BCUT2D eigenvalue weighted by atomic mass is 10.2. The molecule has 1 nitrogen and oxygen atoms in total. The lowest BCUT2D eigenvalue weighted by molar-refractivity contribution is 0.693. The number of halogens is 2. The van der Waals surface area contributed by atoms with Gasteiger partial charge in [-0.15, -0.1) is 0 Å². The number of nitrogens with one attached hydrogen (secondary N) is 1. The van der Waals surface area contributed by atoms with Crippen LogP contribution in [0.5, 0.6) is 0 Å². The summed E-state index contributed by atoms with van der Waals surface area (Å²) in [4.78, 5) is 0. The van der Waals surface area contributed by atoms with Crippen molar-refractivity contribution >= 4 is 27.5 Å². The second-order valence-corrected chi connectivity index (χ2v) is 5.03. The van der Waals surface area contributed by atoms with Gasteiger partial charge in [0, 0.05) is 17.6 Å². The maximum atomic E-state index is 6.19. The molecule has 0 heterocycles. The highest BCUT2D eigenvalue weighted by molar-refractivity contribution is 9.10. The van der Waals surface area contributed by atoms with E-state index >= 15 is 0 Å². The van der Waals surface area contributed by atoms with Crippen molar-refractivity contribution in [2.45, 2.75) is 13.1 Å². The van der Waals surface area contributed by atoms with Gasteiger partial charge in [-0.1, -0.05) is 54.1 Å². The van der Waals surface area contributed by atoms with Crippen LogP contribution in [0.15, 0.2) is 53.0 Å². The van der Waals surface area contributed by atoms with Crippen molar-refractivity contribution in [3.8, 4) is 0 Å². The molecule has 0 aliphatic heterocycles. The third-order valence-electron chi connectivity index (χ3n) is 2.52. The first kappa shape index (κ1) is 12.6. The number of benzene rings is 2. The minimum atomic E-state index is 0.771. The summed E-state index contributed by atoms with van der Waals surface area (Å²) in [7, 11) is 0. The van der Waals surface area contributed by atoms with Gasteiger partial charge in [-0.05, 0) is 33.1 Å². The van der Waals surface area contributed by atoms with Crippen LogP contribution >= 0.6 is 27.5 Å². The van der Waals surface area contributed by atoms with E-state index < -0.39 is 0 Å². The summed E-state index contributed by atoms with van der Waals surface area (Å²) in [5, 5.41) is 4.17. The van der Waals surface area contributed by atoms with Gasteiger partial charge in [-0.3, -0.25) is 0 Å². The molecule has 3 heteroatoms. The number of hydrogen-bond acceptors (Lipinski definition) is 1. The van der Waals surface area contributed by atoms with Crippen LogP contribution in [0.3, 0.4) is 0 Å². The predicted octanol–water partition coefficient (Wildman–Crippen LogP) is 4.39. The summed E-state index contributed by atoms with van der Waals surface area (Å²) in [6, 6.07) is 16.3. The Balaban J connectivity index is 1.93. The van der Waals surface area contributed by atoms with Crippen LogP contribution < -0.4 is 5.32 Å². The quantitative estimate of drug-likeness (QED) is 0.883. The van der Waals surface area contributed by atoms with E-state index in [0.717, 1.165) is 28.1 Å². The smallest absolute Gasteiger partial charge is 0.0592 e. The molecule has 2 rings (SSSR count). The maximum Gasteiger partial charge on any atom is 0.0592 e. The number of hydrogen-bond donors (Lipinski definition) is 1. The van der Waals surface area contributed by atoms with Crippen LogP contribution in [-0.2, 0) is 13.1 Å². The Morgan fingerprint density at radius 2 is 1.71 bits per heavy atom. The minimum absolute atomic E-state index is 0.771.